The van der Waals surface area contributed by atoms with Gasteiger partial charge in [-0.2, -0.15) is 0 Å². The van der Waals surface area contributed by atoms with Crippen LogP contribution in [0.4, 0.5) is 10.1 Å². The van der Waals surface area contributed by atoms with Crippen LogP contribution >= 0.6 is 22.6 Å². The van der Waals surface area contributed by atoms with Crippen LogP contribution in [0.25, 0.3) is 0 Å². The minimum atomic E-state index is -0.181. The molecular weight excluding hydrogens is 352 g/mol. The maximum absolute atomic E-state index is 13.1. The molecule has 0 aliphatic heterocycles. The largest absolute Gasteiger partial charge is 0.377 e. The molecule has 1 atom stereocenters. The fraction of sp³-hybridized carbons (Fsp3) is 0.250. The van der Waals surface area contributed by atoms with Crippen molar-refractivity contribution in [3.8, 4) is 0 Å². The van der Waals surface area contributed by atoms with E-state index in [9.17, 15) is 4.39 Å². The SMILES string of the molecule is Fc1ccc(NC2CCCc3ccccc32)c(I)c1. The highest BCUT2D eigenvalue weighted by Gasteiger charge is 2.20. The zero-order valence-corrected chi connectivity index (χ0v) is 12.7. The average Bonchev–Trinajstić information content (AvgIpc) is 2.42. The number of aryl methyl sites for hydroxylation is 1. The van der Waals surface area contributed by atoms with Crippen LogP contribution in [0.2, 0.25) is 0 Å². The molecule has 0 aromatic heterocycles. The van der Waals surface area contributed by atoms with Crippen molar-refractivity contribution in [3.05, 3.63) is 63.0 Å². The van der Waals surface area contributed by atoms with Crippen LogP contribution in [0.15, 0.2) is 42.5 Å². The van der Waals surface area contributed by atoms with Crippen molar-refractivity contribution < 1.29 is 4.39 Å². The normalized spacial score (nSPS) is 17.9. The standard InChI is InChI=1S/C16H15FIN/c17-12-8-9-16(14(18)10-12)19-15-7-3-5-11-4-1-2-6-13(11)15/h1-2,4,6,8-10,15,19H,3,5,7H2. The Morgan fingerprint density at radius 2 is 2.00 bits per heavy atom. The molecule has 3 rings (SSSR count). The molecule has 1 unspecified atom stereocenters. The maximum Gasteiger partial charge on any atom is 0.124 e. The monoisotopic (exact) mass is 367 g/mol. The molecule has 98 valence electrons. The molecule has 0 saturated carbocycles. The number of hydrogen-bond donors (Lipinski definition) is 1. The van der Waals surface area contributed by atoms with E-state index in [-0.39, 0.29) is 5.82 Å². The van der Waals surface area contributed by atoms with Gasteiger partial charge in [0.05, 0.1) is 6.04 Å². The van der Waals surface area contributed by atoms with Gasteiger partial charge in [0, 0.05) is 9.26 Å². The average molecular weight is 367 g/mol. The molecule has 2 aromatic rings. The number of benzene rings is 2. The van der Waals surface area contributed by atoms with Gasteiger partial charge in [-0.25, -0.2) is 4.39 Å². The highest BCUT2D eigenvalue weighted by atomic mass is 127. The summed E-state index contributed by atoms with van der Waals surface area (Å²) in [6.07, 6.45) is 3.49. The Hall–Kier alpha value is -1.10. The second kappa shape index (κ2) is 5.49. The van der Waals surface area contributed by atoms with Crippen LogP contribution < -0.4 is 5.32 Å². The lowest BCUT2D eigenvalue weighted by molar-refractivity contribution is 0.599. The molecule has 0 fully saturated rings. The molecule has 1 aliphatic carbocycles. The van der Waals surface area contributed by atoms with Gasteiger partial charge < -0.3 is 5.32 Å². The van der Waals surface area contributed by atoms with E-state index in [1.807, 2.05) is 6.07 Å². The first-order valence-corrected chi connectivity index (χ1v) is 7.61. The van der Waals surface area contributed by atoms with Gasteiger partial charge in [0.2, 0.25) is 0 Å². The van der Waals surface area contributed by atoms with Crippen molar-refractivity contribution in [3.63, 3.8) is 0 Å². The number of nitrogens with one attached hydrogen (secondary N) is 1. The highest BCUT2D eigenvalue weighted by Crippen LogP contribution is 2.33. The van der Waals surface area contributed by atoms with Gasteiger partial charge in [-0.1, -0.05) is 24.3 Å². The summed E-state index contributed by atoms with van der Waals surface area (Å²) in [4.78, 5) is 0. The van der Waals surface area contributed by atoms with Gasteiger partial charge in [-0.15, -0.1) is 0 Å². The van der Waals surface area contributed by atoms with Crippen LogP contribution in [0.1, 0.15) is 30.0 Å². The highest BCUT2D eigenvalue weighted by molar-refractivity contribution is 14.1. The third kappa shape index (κ3) is 2.76. The number of rotatable bonds is 2. The third-order valence-corrected chi connectivity index (χ3v) is 4.52. The maximum atomic E-state index is 13.1. The summed E-state index contributed by atoms with van der Waals surface area (Å²) in [7, 11) is 0. The van der Waals surface area contributed by atoms with Crippen molar-refractivity contribution in [2.75, 3.05) is 5.32 Å². The lowest BCUT2D eigenvalue weighted by Gasteiger charge is -2.27. The number of fused-ring (bicyclic) bond motifs is 1. The molecule has 2 aromatic carbocycles. The van der Waals surface area contributed by atoms with Gasteiger partial charge in [-0.3, -0.25) is 0 Å². The summed E-state index contributed by atoms with van der Waals surface area (Å²) in [5.74, 6) is -0.181. The number of halogens is 2. The first kappa shape index (κ1) is 12.9. The van der Waals surface area contributed by atoms with Crippen molar-refractivity contribution in [1.29, 1.82) is 0 Å². The van der Waals surface area contributed by atoms with E-state index in [2.05, 4.69) is 52.2 Å². The Labute approximate surface area is 126 Å². The van der Waals surface area contributed by atoms with E-state index in [1.165, 1.54) is 23.6 Å². The second-order valence-corrected chi connectivity index (χ2v) is 6.07. The molecule has 1 aliphatic rings. The van der Waals surface area contributed by atoms with Crippen molar-refractivity contribution in [1.82, 2.24) is 0 Å². The fourth-order valence-corrected chi connectivity index (χ4v) is 3.33. The Kier molecular flexibility index (Phi) is 3.73. The predicted octanol–water partition coefficient (Wildman–Crippen LogP) is 4.92. The van der Waals surface area contributed by atoms with Crippen LogP contribution in [0.3, 0.4) is 0 Å². The topological polar surface area (TPSA) is 12.0 Å². The molecule has 0 spiro atoms. The lowest BCUT2D eigenvalue weighted by Crippen LogP contribution is -2.17. The summed E-state index contributed by atoms with van der Waals surface area (Å²) < 4.78 is 14.1. The molecule has 3 heteroatoms. The first-order valence-electron chi connectivity index (χ1n) is 6.53. The van der Waals surface area contributed by atoms with Crippen LogP contribution in [-0.4, -0.2) is 0 Å². The van der Waals surface area contributed by atoms with Crippen LogP contribution in [-0.2, 0) is 6.42 Å². The predicted molar refractivity (Wildman–Crippen MR) is 84.9 cm³/mol. The van der Waals surface area contributed by atoms with E-state index in [0.717, 1.165) is 22.1 Å². The van der Waals surface area contributed by atoms with E-state index in [0.29, 0.717) is 6.04 Å². The summed E-state index contributed by atoms with van der Waals surface area (Å²) in [5.41, 5.74) is 3.83. The molecule has 0 amide bonds. The Bertz CT molecular complexity index is 597. The molecule has 19 heavy (non-hydrogen) atoms. The van der Waals surface area contributed by atoms with E-state index in [4.69, 9.17) is 0 Å². The van der Waals surface area contributed by atoms with Crippen molar-refractivity contribution in [2.45, 2.75) is 25.3 Å². The zero-order valence-electron chi connectivity index (χ0n) is 10.5. The van der Waals surface area contributed by atoms with E-state index in [1.54, 1.807) is 6.07 Å². The molecule has 0 radical (unpaired) electrons. The Morgan fingerprint density at radius 3 is 2.84 bits per heavy atom. The number of hydrogen-bond acceptors (Lipinski definition) is 1. The van der Waals surface area contributed by atoms with E-state index < -0.39 is 0 Å². The summed E-state index contributed by atoms with van der Waals surface area (Å²) in [5, 5.41) is 3.56. The first-order chi connectivity index (χ1) is 9.24. The molecule has 1 N–H and O–H groups in total. The zero-order chi connectivity index (χ0) is 13.2. The minimum absolute atomic E-state index is 0.181. The van der Waals surface area contributed by atoms with Gasteiger partial charge in [-0.05, 0) is 71.2 Å². The van der Waals surface area contributed by atoms with Crippen molar-refractivity contribution >= 4 is 28.3 Å². The van der Waals surface area contributed by atoms with Gasteiger partial charge in [0.25, 0.3) is 0 Å². The summed E-state index contributed by atoms with van der Waals surface area (Å²) in [6.45, 7) is 0. The molecule has 0 bridgehead atoms. The lowest BCUT2D eigenvalue weighted by atomic mass is 9.87. The molecule has 1 nitrogen and oxygen atoms in total. The molecule has 0 heterocycles. The minimum Gasteiger partial charge on any atom is -0.377 e. The third-order valence-electron chi connectivity index (χ3n) is 3.63. The van der Waals surface area contributed by atoms with Gasteiger partial charge in [0.1, 0.15) is 5.82 Å². The summed E-state index contributed by atoms with van der Waals surface area (Å²) in [6, 6.07) is 13.8. The quantitative estimate of drug-likeness (QED) is 0.743. The fourth-order valence-electron chi connectivity index (χ4n) is 2.70. The number of anilines is 1. The van der Waals surface area contributed by atoms with Crippen LogP contribution in [0, 0.1) is 9.39 Å². The Morgan fingerprint density at radius 1 is 1.16 bits per heavy atom. The van der Waals surface area contributed by atoms with Gasteiger partial charge >= 0.3 is 0 Å². The Balaban J connectivity index is 1.88. The second-order valence-electron chi connectivity index (χ2n) is 4.91. The molecular formula is C16H15FIN. The van der Waals surface area contributed by atoms with Gasteiger partial charge in [0.15, 0.2) is 0 Å². The van der Waals surface area contributed by atoms with Crippen LogP contribution in [0.5, 0.6) is 0 Å². The van der Waals surface area contributed by atoms with E-state index >= 15 is 0 Å². The smallest absolute Gasteiger partial charge is 0.124 e. The molecule has 0 saturated heterocycles. The van der Waals surface area contributed by atoms with Crippen molar-refractivity contribution in [2.24, 2.45) is 0 Å². The summed E-state index contributed by atoms with van der Waals surface area (Å²) >= 11 is 2.18.